The number of rotatable bonds is 18. The summed E-state index contributed by atoms with van der Waals surface area (Å²) < 4.78 is 5.57. The van der Waals surface area contributed by atoms with E-state index in [9.17, 15) is 0 Å². The van der Waals surface area contributed by atoms with Crippen LogP contribution in [0.15, 0.2) is 0 Å². The summed E-state index contributed by atoms with van der Waals surface area (Å²) >= 11 is 2.11. The van der Waals surface area contributed by atoms with Crippen LogP contribution >= 0.6 is 11.8 Å². The summed E-state index contributed by atoms with van der Waals surface area (Å²) in [6.07, 6.45) is 16.7. The van der Waals surface area contributed by atoms with Gasteiger partial charge in [0, 0.05) is 13.2 Å². The Balaban J connectivity index is 2.94. The molecular weight excluding hydrogens is 288 g/mol. The van der Waals surface area contributed by atoms with E-state index in [0.29, 0.717) is 0 Å². The van der Waals surface area contributed by atoms with Gasteiger partial charge in [-0.3, -0.25) is 0 Å². The van der Waals surface area contributed by atoms with Crippen molar-refractivity contribution in [3.63, 3.8) is 0 Å². The second kappa shape index (κ2) is 19.4. The Morgan fingerprint density at radius 2 is 1.23 bits per heavy atom. The van der Waals surface area contributed by atoms with Crippen molar-refractivity contribution < 1.29 is 4.74 Å². The third-order valence-electron chi connectivity index (χ3n) is 4.04. The molecule has 1 nitrogen and oxygen atoms in total. The van der Waals surface area contributed by atoms with Crippen LogP contribution in [0.5, 0.6) is 0 Å². The van der Waals surface area contributed by atoms with E-state index in [1.54, 1.807) is 0 Å². The molecule has 0 amide bonds. The van der Waals surface area contributed by atoms with Crippen LogP contribution in [-0.2, 0) is 4.74 Å². The fourth-order valence-corrected chi connectivity index (χ4v) is 3.47. The first-order valence-electron chi connectivity index (χ1n) is 9.92. The quantitative estimate of drug-likeness (QED) is 0.248. The first-order valence-corrected chi connectivity index (χ1v) is 11.1. The van der Waals surface area contributed by atoms with Crippen molar-refractivity contribution in [2.75, 3.05) is 24.7 Å². The van der Waals surface area contributed by atoms with Crippen LogP contribution in [0.2, 0.25) is 0 Å². The number of hydrogen-bond donors (Lipinski definition) is 0. The van der Waals surface area contributed by atoms with Crippen molar-refractivity contribution in [2.45, 2.75) is 97.8 Å². The van der Waals surface area contributed by atoms with Gasteiger partial charge in [-0.1, -0.05) is 78.6 Å². The zero-order chi connectivity index (χ0) is 16.3. The summed E-state index contributed by atoms with van der Waals surface area (Å²) in [6, 6.07) is 0. The van der Waals surface area contributed by atoms with E-state index < -0.39 is 0 Å². The second-order valence-electron chi connectivity index (χ2n) is 6.94. The Hall–Kier alpha value is 0.310. The largest absolute Gasteiger partial charge is 0.381 e. The summed E-state index contributed by atoms with van der Waals surface area (Å²) in [7, 11) is 0. The highest BCUT2D eigenvalue weighted by Gasteiger charge is 1.96. The van der Waals surface area contributed by atoms with Gasteiger partial charge in [-0.25, -0.2) is 0 Å². The first-order chi connectivity index (χ1) is 10.8. The molecule has 0 bridgehead atoms. The van der Waals surface area contributed by atoms with Gasteiger partial charge in [0.15, 0.2) is 0 Å². The Bertz CT molecular complexity index is 194. The van der Waals surface area contributed by atoms with Gasteiger partial charge >= 0.3 is 0 Å². The Morgan fingerprint density at radius 3 is 1.86 bits per heavy atom. The van der Waals surface area contributed by atoms with Gasteiger partial charge in [-0.15, -0.1) is 0 Å². The minimum Gasteiger partial charge on any atom is -0.381 e. The molecule has 0 aliphatic heterocycles. The fraction of sp³-hybridized carbons (Fsp3) is 1.00. The third kappa shape index (κ3) is 20.3. The van der Waals surface area contributed by atoms with Crippen LogP contribution in [0.25, 0.3) is 0 Å². The van der Waals surface area contributed by atoms with Gasteiger partial charge in [0.2, 0.25) is 0 Å². The summed E-state index contributed by atoms with van der Waals surface area (Å²) in [4.78, 5) is 0. The average molecular weight is 331 g/mol. The van der Waals surface area contributed by atoms with Gasteiger partial charge < -0.3 is 4.74 Å². The molecule has 0 aromatic heterocycles. The third-order valence-corrected chi connectivity index (χ3v) is 5.19. The van der Waals surface area contributed by atoms with Gasteiger partial charge in [0.05, 0.1) is 0 Å². The Morgan fingerprint density at radius 1 is 0.682 bits per heavy atom. The molecule has 0 atom stereocenters. The lowest BCUT2D eigenvalue weighted by Crippen LogP contribution is -1.98. The number of hydrogen-bond acceptors (Lipinski definition) is 2. The Labute approximate surface area is 145 Å². The molecule has 0 N–H and O–H groups in total. The van der Waals surface area contributed by atoms with Crippen LogP contribution in [0.3, 0.4) is 0 Å². The van der Waals surface area contributed by atoms with E-state index in [-0.39, 0.29) is 0 Å². The monoisotopic (exact) mass is 330 g/mol. The molecule has 0 aliphatic carbocycles. The van der Waals surface area contributed by atoms with Crippen LogP contribution in [0, 0.1) is 5.92 Å². The van der Waals surface area contributed by atoms with E-state index in [1.807, 2.05) is 0 Å². The molecule has 22 heavy (non-hydrogen) atoms. The van der Waals surface area contributed by atoms with Crippen molar-refractivity contribution in [1.29, 1.82) is 0 Å². The van der Waals surface area contributed by atoms with Gasteiger partial charge in [0.1, 0.15) is 0 Å². The van der Waals surface area contributed by atoms with E-state index in [2.05, 4.69) is 32.5 Å². The first kappa shape index (κ1) is 22.3. The van der Waals surface area contributed by atoms with Gasteiger partial charge in [-0.05, 0) is 36.7 Å². The lowest BCUT2D eigenvalue weighted by Gasteiger charge is -2.05. The molecule has 0 heterocycles. The van der Waals surface area contributed by atoms with Crippen molar-refractivity contribution in [3.05, 3.63) is 0 Å². The van der Waals surface area contributed by atoms with Gasteiger partial charge in [0.25, 0.3) is 0 Å². The number of unbranched alkanes of at least 4 members (excludes halogenated alkanes) is 8. The molecule has 0 fully saturated rings. The zero-order valence-corrected chi connectivity index (χ0v) is 16.5. The highest BCUT2D eigenvalue weighted by molar-refractivity contribution is 7.99. The summed E-state index contributed by atoms with van der Waals surface area (Å²) in [5.74, 6) is 3.52. The predicted molar refractivity (Wildman–Crippen MR) is 104 cm³/mol. The molecule has 2 heteroatoms. The zero-order valence-electron chi connectivity index (χ0n) is 15.7. The van der Waals surface area contributed by atoms with Crippen molar-refractivity contribution in [1.82, 2.24) is 0 Å². The summed E-state index contributed by atoms with van der Waals surface area (Å²) in [5.41, 5.74) is 0. The molecule has 0 aromatic carbocycles. The summed E-state index contributed by atoms with van der Waals surface area (Å²) in [5, 5.41) is 0. The molecule has 134 valence electrons. The molecule has 0 rings (SSSR count). The van der Waals surface area contributed by atoms with E-state index >= 15 is 0 Å². The van der Waals surface area contributed by atoms with Crippen LogP contribution in [0.1, 0.15) is 97.8 Å². The van der Waals surface area contributed by atoms with Crippen molar-refractivity contribution in [2.24, 2.45) is 5.92 Å². The SMILES string of the molecule is CCCCOCCCSCCCCCCCCCCC(C)C. The lowest BCUT2D eigenvalue weighted by molar-refractivity contribution is 0.132. The van der Waals surface area contributed by atoms with Crippen molar-refractivity contribution in [3.8, 4) is 0 Å². The predicted octanol–water partition coefficient (Wildman–Crippen LogP) is 7.09. The van der Waals surface area contributed by atoms with Gasteiger partial charge in [-0.2, -0.15) is 11.8 Å². The maximum atomic E-state index is 5.57. The second-order valence-corrected chi connectivity index (χ2v) is 8.17. The fourth-order valence-electron chi connectivity index (χ4n) is 2.53. The van der Waals surface area contributed by atoms with Crippen LogP contribution < -0.4 is 0 Å². The highest BCUT2D eigenvalue weighted by Crippen LogP contribution is 2.14. The smallest absolute Gasteiger partial charge is 0.0473 e. The molecule has 0 spiro atoms. The molecule has 0 radical (unpaired) electrons. The summed E-state index contributed by atoms with van der Waals surface area (Å²) in [6.45, 7) is 8.80. The Kier molecular flexibility index (Phi) is 19.6. The van der Waals surface area contributed by atoms with Crippen molar-refractivity contribution >= 4 is 11.8 Å². The molecule has 0 unspecified atom stereocenters. The normalized spacial score (nSPS) is 11.5. The van der Waals surface area contributed by atoms with E-state index in [1.165, 1.54) is 88.6 Å². The minimum atomic E-state index is 0.889. The van der Waals surface area contributed by atoms with E-state index in [0.717, 1.165) is 19.1 Å². The maximum Gasteiger partial charge on any atom is 0.0473 e. The minimum absolute atomic E-state index is 0.889. The topological polar surface area (TPSA) is 9.23 Å². The molecule has 0 aliphatic rings. The highest BCUT2D eigenvalue weighted by atomic mass is 32.2. The molecular formula is C20H42OS. The average Bonchev–Trinajstić information content (AvgIpc) is 2.50. The molecule has 0 aromatic rings. The lowest BCUT2D eigenvalue weighted by atomic mass is 10.0. The van der Waals surface area contributed by atoms with E-state index in [4.69, 9.17) is 4.74 Å². The van der Waals surface area contributed by atoms with Crippen LogP contribution in [0.4, 0.5) is 0 Å². The molecule has 0 saturated carbocycles. The molecule has 0 saturated heterocycles. The maximum absolute atomic E-state index is 5.57. The number of ether oxygens (including phenoxy) is 1. The van der Waals surface area contributed by atoms with Crippen LogP contribution in [-0.4, -0.2) is 24.7 Å². The standard InChI is InChI=1S/C20H42OS/c1-4-5-16-21-17-14-19-22-18-13-11-9-7-6-8-10-12-15-20(2)3/h20H,4-19H2,1-3H3. The number of thioether (sulfide) groups is 1.